The number of hydrogen-bond acceptors (Lipinski definition) is 2. The zero-order chi connectivity index (χ0) is 13.7. The lowest BCUT2D eigenvalue weighted by Gasteiger charge is -2.05. The van der Waals surface area contributed by atoms with Crippen LogP contribution in [0, 0.1) is 5.92 Å². The van der Waals surface area contributed by atoms with Gasteiger partial charge in [0.2, 0.25) is 0 Å². The Hall–Kier alpha value is -1.32. The Morgan fingerprint density at radius 3 is 2.89 bits per heavy atom. The van der Waals surface area contributed by atoms with E-state index in [1.807, 2.05) is 29.1 Å². The Bertz CT molecular complexity index is 520. The van der Waals surface area contributed by atoms with Gasteiger partial charge >= 0.3 is 0 Å². The van der Waals surface area contributed by atoms with Gasteiger partial charge in [-0.25, -0.2) is 0 Å². The second-order valence-electron chi connectivity index (χ2n) is 5.20. The number of halogens is 1. The zero-order valence-corrected chi connectivity index (χ0v) is 12.2. The van der Waals surface area contributed by atoms with E-state index in [2.05, 4.69) is 36.5 Å². The molecule has 0 aliphatic heterocycles. The van der Waals surface area contributed by atoms with Crippen LogP contribution in [-0.2, 0) is 13.1 Å². The molecule has 1 heterocycles. The molecule has 0 atom stereocenters. The van der Waals surface area contributed by atoms with Gasteiger partial charge in [0.1, 0.15) is 0 Å². The number of rotatable bonds is 6. The van der Waals surface area contributed by atoms with Crippen LogP contribution in [0.3, 0.4) is 0 Å². The number of aromatic nitrogens is 2. The van der Waals surface area contributed by atoms with Crippen molar-refractivity contribution < 1.29 is 0 Å². The molecule has 0 spiro atoms. The van der Waals surface area contributed by atoms with E-state index in [4.69, 9.17) is 11.6 Å². The predicted octanol–water partition coefficient (Wildman–Crippen LogP) is 3.33. The minimum Gasteiger partial charge on any atom is -0.312 e. The normalized spacial score (nSPS) is 11.2. The van der Waals surface area contributed by atoms with Crippen LogP contribution in [0.5, 0.6) is 0 Å². The Kier molecular flexibility index (Phi) is 5.00. The highest BCUT2D eigenvalue weighted by molar-refractivity contribution is 6.30. The van der Waals surface area contributed by atoms with E-state index in [0.29, 0.717) is 5.92 Å². The first-order chi connectivity index (χ1) is 9.13. The second-order valence-corrected chi connectivity index (χ2v) is 5.64. The molecule has 2 aromatic rings. The summed E-state index contributed by atoms with van der Waals surface area (Å²) in [6, 6.07) is 7.88. The average Bonchev–Trinajstić information content (AvgIpc) is 2.76. The molecule has 1 aromatic heterocycles. The van der Waals surface area contributed by atoms with E-state index in [0.717, 1.165) is 30.2 Å². The van der Waals surface area contributed by atoms with E-state index in [1.54, 1.807) is 0 Å². The van der Waals surface area contributed by atoms with Gasteiger partial charge in [0, 0.05) is 23.3 Å². The molecule has 0 bridgehead atoms. The molecule has 0 unspecified atom stereocenters. The van der Waals surface area contributed by atoms with Crippen LogP contribution in [-0.4, -0.2) is 16.3 Å². The van der Waals surface area contributed by atoms with Crippen molar-refractivity contribution in [2.24, 2.45) is 5.92 Å². The largest absolute Gasteiger partial charge is 0.312 e. The fourth-order valence-corrected chi connectivity index (χ4v) is 2.12. The molecule has 3 nitrogen and oxygen atoms in total. The Labute approximate surface area is 119 Å². The number of hydrogen-bond donors (Lipinski definition) is 1. The Morgan fingerprint density at radius 2 is 2.16 bits per heavy atom. The zero-order valence-electron chi connectivity index (χ0n) is 11.4. The molecule has 1 N–H and O–H groups in total. The van der Waals surface area contributed by atoms with Gasteiger partial charge in [0.25, 0.3) is 0 Å². The van der Waals surface area contributed by atoms with Crippen LogP contribution in [0.1, 0.15) is 25.0 Å². The summed E-state index contributed by atoms with van der Waals surface area (Å²) in [7, 11) is 0. The van der Waals surface area contributed by atoms with E-state index in [-0.39, 0.29) is 0 Å². The molecule has 0 aliphatic rings. The van der Waals surface area contributed by atoms with Gasteiger partial charge in [-0.1, -0.05) is 37.6 Å². The summed E-state index contributed by atoms with van der Waals surface area (Å²) >= 11 is 5.97. The molecule has 0 amide bonds. The molecule has 0 saturated carbocycles. The maximum atomic E-state index is 5.97. The van der Waals surface area contributed by atoms with Crippen LogP contribution in [0.4, 0.5) is 0 Å². The van der Waals surface area contributed by atoms with Gasteiger partial charge in [-0.05, 0) is 30.2 Å². The summed E-state index contributed by atoms with van der Waals surface area (Å²) in [5.41, 5.74) is 2.37. The van der Waals surface area contributed by atoms with Crippen molar-refractivity contribution in [2.75, 3.05) is 6.54 Å². The number of nitrogens with zero attached hydrogens (tertiary/aromatic N) is 2. The van der Waals surface area contributed by atoms with E-state index in [9.17, 15) is 0 Å². The van der Waals surface area contributed by atoms with Crippen molar-refractivity contribution in [3.05, 3.63) is 52.8 Å². The summed E-state index contributed by atoms with van der Waals surface area (Å²) < 4.78 is 1.94. The second kappa shape index (κ2) is 6.73. The van der Waals surface area contributed by atoms with Crippen molar-refractivity contribution in [3.8, 4) is 0 Å². The average molecular weight is 278 g/mol. The standard InChI is InChI=1S/C15H20ClN3/c1-12(2)7-17-8-14-9-18-19(11-14)10-13-4-3-5-15(16)6-13/h3-6,9,11-12,17H,7-8,10H2,1-2H3. The maximum absolute atomic E-state index is 5.97. The van der Waals surface area contributed by atoms with Crippen LogP contribution in [0.2, 0.25) is 5.02 Å². The SMILES string of the molecule is CC(C)CNCc1cnn(Cc2cccc(Cl)c2)c1. The van der Waals surface area contributed by atoms with Gasteiger partial charge in [0.05, 0.1) is 12.7 Å². The lowest BCUT2D eigenvalue weighted by Crippen LogP contribution is -2.18. The van der Waals surface area contributed by atoms with Gasteiger partial charge in [-0.2, -0.15) is 5.10 Å². The van der Waals surface area contributed by atoms with E-state index < -0.39 is 0 Å². The molecule has 1 aromatic carbocycles. The Balaban J connectivity index is 1.90. The smallest absolute Gasteiger partial charge is 0.0660 e. The van der Waals surface area contributed by atoms with Crippen molar-refractivity contribution in [2.45, 2.75) is 26.9 Å². The highest BCUT2D eigenvalue weighted by atomic mass is 35.5. The molecule has 4 heteroatoms. The predicted molar refractivity (Wildman–Crippen MR) is 79.3 cm³/mol. The van der Waals surface area contributed by atoms with Crippen LogP contribution in [0.15, 0.2) is 36.7 Å². The van der Waals surface area contributed by atoms with Crippen LogP contribution in [0.25, 0.3) is 0 Å². The van der Waals surface area contributed by atoms with Crippen LogP contribution < -0.4 is 5.32 Å². The van der Waals surface area contributed by atoms with E-state index in [1.165, 1.54) is 5.56 Å². The highest BCUT2D eigenvalue weighted by Crippen LogP contribution is 2.12. The third kappa shape index (κ3) is 4.69. The topological polar surface area (TPSA) is 29.9 Å². The fourth-order valence-electron chi connectivity index (χ4n) is 1.91. The summed E-state index contributed by atoms with van der Waals surface area (Å²) in [5.74, 6) is 0.668. The fraction of sp³-hybridized carbons (Fsp3) is 0.400. The molecular weight excluding hydrogens is 258 g/mol. The number of nitrogens with one attached hydrogen (secondary N) is 1. The first kappa shape index (κ1) is 14.1. The van der Waals surface area contributed by atoms with Crippen molar-refractivity contribution in [3.63, 3.8) is 0 Å². The highest BCUT2D eigenvalue weighted by Gasteiger charge is 2.01. The summed E-state index contributed by atoms with van der Waals surface area (Å²) in [6.07, 6.45) is 3.99. The first-order valence-corrected chi connectivity index (χ1v) is 6.98. The van der Waals surface area contributed by atoms with Gasteiger partial charge in [0.15, 0.2) is 0 Å². The molecule has 0 aliphatic carbocycles. The summed E-state index contributed by atoms with van der Waals surface area (Å²) in [5, 5.41) is 8.55. The quantitative estimate of drug-likeness (QED) is 0.878. The van der Waals surface area contributed by atoms with E-state index >= 15 is 0 Å². The molecule has 19 heavy (non-hydrogen) atoms. The number of benzene rings is 1. The Morgan fingerprint density at radius 1 is 1.32 bits per heavy atom. The molecule has 0 radical (unpaired) electrons. The van der Waals surface area contributed by atoms with Gasteiger partial charge in [-0.3, -0.25) is 4.68 Å². The minimum atomic E-state index is 0.668. The summed E-state index contributed by atoms with van der Waals surface area (Å²) in [4.78, 5) is 0. The monoisotopic (exact) mass is 277 g/mol. The third-order valence-electron chi connectivity index (χ3n) is 2.80. The molecule has 0 saturated heterocycles. The lowest BCUT2D eigenvalue weighted by molar-refractivity contribution is 0.552. The molecule has 0 fully saturated rings. The van der Waals surface area contributed by atoms with Crippen LogP contribution >= 0.6 is 11.6 Å². The lowest BCUT2D eigenvalue weighted by atomic mass is 10.2. The maximum Gasteiger partial charge on any atom is 0.0660 e. The third-order valence-corrected chi connectivity index (χ3v) is 3.04. The molecular formula is C15H20ClN3. The van der Waals surface area contributed by atoms with Crippen molar-refractivity contribution >= 4 is 11.6 Å². The molecule has 2 rings (SSSR count). The van der Waals surface area contributed by atoms with Gasteiger partial charge in [-0.15, -0.1) is 0 Å². The van der Waals surface area contributed by atoms with Crippen molar-refractivity contribution in [1.82, 2.24) is 15.1 Å². The van der Waals surface area contributed by atoms with Gasteiger partial charge < -0.3 is 5.32 Å². The first-order valence-electron chi connectivity index (χ1n) is 6.60. The summed E-state index contributed by atoms with van der Waals surface area (Å²) in [6.45, 7) is 7.06. The minimum absolute atomic E-state index is 0.668. The van der Waals surface area contributed by atoms with Crippen molar-refractivity contribution in [1.29, 1.82) is 0 Å². The molecule has 102 valence electrons.